The molecule has 0 radical (unpaired) electrons. The number of rotatable bonds is 5. The fourth-order valence-corrected chi connectivity index (χ4v) is 2.22. The third-order valence-electron chi connectivity index (χ3n) is 3.31. The molecule has 3 nitrogen and oxygen atoms in total. The lowest BCUT2D eigenvalue weighted by Crippen LogP contribution is -2.25. The van der Waals surface area contributed by atoms with Crippen LogP contribution in [0.25, 0.3) is 0 Å². The molecule has 17 heavy (non-hydrogen) atoms. The van der Waals surface area contributed by atoms with Gasteiger partial charge in [0.05, 0.1) is 6.10 Å². The van der Waals surface area contributed by atoms with Gasteiger partial charge >= 0.3 is 0 Å². The van der Waals surface area contributed by atoms with Crippen LogP contribution < -0.4 is 0 Å². The van der Waals surface area contributed by atoms with Crippen LogP contribution in [-0.2, 0) is 4.74 Å². The maximum Gasteiger partial charge on any atom is 0.164 e. The summed E-state index contributed by atoms with van der Waals surface area (Å²) in [5, 5.41) is 0. The molecule has 1 atom stereocenters. The normalized spacial score (nSPS) is 20.6. The minimum atomic E-state index is 0.228. The Morgan fingerprint density at radius 3 is 2.82 bits per heavy atom. The molecule has 0 aromatic heterocycles. The summed E-state index contributed by atoms with van der Waals surface area (Å²) in [4.78, 5) is 14.2. The van der Waals surface area contributed by atoms with E-state index < -0.39 is 0 Å². The zero-order valence-electron chi connectivity index (χ0n) is 10.3. The van der Waals surface area contributed by atoms with Crippen LogP contribution in [0.2, 0.25) is 0 Å². The molecular weight excluding hydrogens is 214 g/mol. The van der Waals surface area contributed by atoms with Gasteiger partial charge in [0.25, 0.3) is 0 Å². The number of likely N-dealkylation sites (tertiary alicyclic amines) is 1. The van der Waals surface area contributed by atoms with Crippen LogP contribution >= 0.6 is 0 Å². The Bertz CT molecular complexity index is 364. The predicted octanol–water partition coefficient (Wildman–Crippen LogP) is 1.98. The summed E-state index contributed by atoms with van der Waals surface area (Å²) in [6.45, 7) is 2.84. The lowest BCUT2D eigenvalue weighted by molar-refractivity contribution is 0.0944. The summed E-state index contributed by atoms with van der Waals surface area (Å²) in [6, 6.07) is 9.50. The monoisotopic (exact) mass is 233 g/mol. The van der Waals surface area contributed by atoms with Crippen molar-refractivity contribution >= 4 is 5.78 Å². The van der Waals surface area contributed by atoms with Crippen LogP contribution in [0.3, 0.4) is 0 Å². The van der Waals surface area contributed by atoms with Crippen molar-refractivity contribution in [3.05, 3.63) is 35.9 Å². The first kappa shape index (κ1) is 12.3. The van der Waals surface area contributed by atoms with Crippen molar-refractivity contribution in [1.29, 1.82) is 0 Å². The van der Waals surface area contributed by atoms with Gasteiger partial charge in [0.1, 0.15) is 0 Å². The number of carbonyl (C=O) groups excluding carboxylic acids is 1. The van der Waals surface area contributed by atoms with E-state index in [4.69, 9.17) is 4.74 Å². The van der Waals surface area contributed by atoms with E-state index in [1.54, 1.807) is 7.11 Å². The molecule has 1 saturated heterocycles. The average Bonchev–Trinajstić information content (AvgIpc) is 2.85. The minimum absolute atomic E-state index is 0.228. The predicted molar refractivity (Wildman–Crippen MR) is 67.2 cm³/mol. The lowest BCUT2D eigenvalue weighted by atomic mass is 10.1. The van der Waals surface area contributed by atoms with Crippen LogP contribution in [-0.4, -0.2) is 43.5 Å². The molecule has 0 amide bonds. The number of ether oxygens (including phenoxy) is 1. The summed E-state index contributed by atoms with van der Waals surface area (Å²) >= 11 is 0. The highest BCUT2D eigenvalue weighted by atomic mass is 16.5. The van der Waals surface area contributed by atoms with Crippen molar-refractivity contribution in [2.45, 2.75) is 18.9 Å². The summed E-state index contributed by atoms with van der Waals surface area (Å²) in [6.07, 6.45) is 2.03. The first-order valence-electron chi connectivity index (χ1n) is 6.13. The number of ketones is 1. The molecular formula is C14H19NO2. The van der Waals surface area contributed by atoms with Crippen molar-refractivity contribution in [3.63, 3.8) is 0 Å². The highest BCUT2D eigenvalue weighted by Crippen LogP contribution is 2.13. The SMILES string of the molecule is COC1CCN(CCC(=O)c2ccccc2)C1. The van der Waals surface area contributed by atoms with Gasteiger partial charge in [-0.3, -0.25) is 4.79 Å². The molecule has 1 aliphatic rings. The molecule has 92 valence electrons. The highest BCUT2D eigenvalue weighted by molar-refractivity contribution is 5.96. The fraction of sp³-hybridized carbons (Fsp3) is 0.500. The van der Waals surface area contributed by atoms with Crippen LogP contribution in [0.4, 0.5) is 0 Å². The summed E-state index contributed by atoms with van der Waals surface area (Å²) in [5.41, 5.74) is 0.815. The molecule has 1 heterocycles. The Hall–Kier alpha value is -1.19. The number of Topliss-reactive ketones (excluding diaryl/α,β-unsaturated/α-hetero) is 1. The maximum atomic E-state index is 11.9. The van der Waals surface area contributed by atoms with E-state index in [0.29, 0.717) is 12.5 Å². The molecule has 1 aromatic rings. The Balaban J connectivity index is 1.78. The van der Waals surface area contributed by atoms with Gasteiger partial charge in [0.15, 0.2) is 5.78 Å². The second-order valence-corrected chi connectivity index (χ2v) is 4.49. The maximum absolute atomic E-state index is 11.9. The third-order valence-corrected chi connectivity index (χ3v) is 3.31. The van der Waals surface area contributed by atoms with E-state index >= 15 is 0 Å². The molecule has 2 rings (SSSR count). The molecule has 0 saturated carbocycles. The minimum Gasteiger partial charge on any atom is -0.380 e. The van der Waals surface area contributed by atoms with Crippen LogP contribution in [0, 0.1) is 0 Å². The number of hydrogen-bond donors (Lipinski definition) is 0. The van der Waals surface area contributed by atoms with Gasteiger partial charge in [-0.15, -0.1) is 0 Å². The molecule has 3 heteroatoms. The zero-order chi connectivity index (χ0) is 12.1. The van der Waals surface area contributed by atoms with Gasteiger partial charge in [0.2, 0.25) is 0 Å². The largest absolute Gasteiger partial charge is 0.380 e. The van der Waals surface area contributed by atoms with E-state index in [-0.39, 0.29) is 5.78 Å². The lowest BCUT2D eigenvalue weighted by Gasteiger charge is -2.14. The van der Waals surface area contributed by atoms with E-state index in [9.17, 15) is 4.79 Å². The zero-order valence-corrected chi connectivity index (χ0v) is 10.3. The Morgan fingerprint density at radius 2 is 2.18 bits per heavy atom. The summed E-state index contributed by atoms with van der Waals surface area (Å²) < 4.78 is 5.31. The number of nitrogens with zero attached hydrogens (tertiary/aromatic N) is 1. The first-order chi connectivity index (χ1) is 8.29. The van der Waals surface area contributed by atoms with Crippen LogP contribution in [0.5, 0.6) is 0 Å². The van der Waals surface area contributed by atoms with Gasteiger partial charge in [-0.05, 0) is 6.42 Å². The van der Waals surface area contributed by atoms with Gasteiger partial charge < -0.3 is 9.64 Å². The first-order valence-corrected chi connectivity index (χ1v) is 6.13. The molecule has 0 N–H and O–H groups in total. The third kappa shape index (κ3) is 3.38. The number of hydrogen-bond acceptors (Lipinski definition) is 3. The Labute approximate surface area is 102 Å². The van der Waals surface area contributed by atoms with Crippen LogP contribution in [0.1, 0.15) is 23.2 Å². The van der Waals surface area contributed by atoms with Crippen molar-refractivity contribution in [2.75, 3.05) is 26.7 Å². The quantitative estimate of drug-likeness (QED) is 0.728. The van der Waals surface area contributed by atoms with E-state index in [1.165, 1.54) is 0 Å². The average molecular weight is 233 g/mol. The summed E-state index contributed by atoms with van der Waals surface area (Å²) in [7, 11) is 1.75. The molecule has 1 unspecified atom stereocenters. The van der Waals surface area contributed by atoms with Gasteiger partial charge in [-0.25, -0.2) is 0 Å². The number of benzene rings is 1. The topological polar surface area (TPSA) is 29.5 Å². The van der Waals surface area contributed by atoms with Crippen molar-refractivity contribution < 1.29 is 9.53 Å². The summed E-state index contributed by atoms with van der Waals surface area (Å²) in [5.74, 6) is 0.228. The molecule has 0 bridgehead atoms. The molecule has 0 spiro atoms. The van der Waals surface area contributed by atoms with Gasteiger partial charge in [0, 0.05) is 38.7 Å². The molecule has 0 aliphatic carbocycles. The van der Waals surface area contributed by atoms with Crippen molar-refractivity contribution in [1.82, 2.24) is 4.90 Å². The van der Waals surface area contributed by atoms with Crippen LogP contribution in [0.15, 0.2) is 30.3 Å². The smallest absolute Gasteiger partial charge is 0.164 e. The van der Waals surface area contributed by atoms with E-state index in [0.717, 1.165) is 31.6 Å². The second kappa shape index (κ2) is 5.94. The van der Waals surface area contributed by atoms with Crippen molar-refractivity contribution in [3.8, 4) is 0 Å². The standard InChI is InChI=1S/C14H19NO2/c1-17-13-7-9-15(11-13)10-8-14(16)12-5-3-2-4-6-12/h2-6,13H,7-11H2,1H3. The highest BCUT2D eigenvalue weighted by Gasteiger charge is 2.22. The number of carbonyl (C=O) groups is 1. The van der Waals surface area contributed by atoms with E-state index in [1.807, 2.05) is 30.3 Å². The number of methoxy groups -OCH3 is 1. The van der Waals surface area contributed by atoms with Gasteiger partial charge in [-0.1, -0.05) is 30.3 Å². The van der Waals surface area contributed by atoms with Gasteiger partial charge in [-0.2, -0.15) is 0 Å². The molecule has 1 fully saturated rings. The second-order valence-electron chi connectivity index (χ2n) is 4.49. The van der Waals surface area contributed by atoms with Crippen molar-refractivity contribution in [2.24, 2.45) is 0 Å². The Kier molecular flexibility index (Phi) is 4.29. The van der Waals surface area contributed by atoms with E-state index in [2.05, 4.69) is 4.90 Å². The molecule has 1 aliphatic heterocycles. The Morgan fingerprint density at radius 1 is 1.41 bits per heavy atom. The fourth-order valence-electron chi connectivity index (χ4n) is 2.22. The molecule has 1 aromatic carbocycles.